The molecular weight excluding hydrogens is 426 g/mol. The van der Waals surface area contributed by atoms with Crippen molar-refractivity contribution in [2.75, 3.05) is 18.8 Å². The summed E-state index contributed by atoms with van der Waals surface area (Å²) in [6.07, 6.45) is 1.55. The number of rotatable bonds is 14. The van der Waals surface area contributed by atoms with E-state index < -0.39 is 23.7 Å². The molecule has 0 spiro atoms. The summed E-state index contributed by atoms with van der Waals surface area (Å²) in [5, 5.41) is 19.3. The van der Waals surface area contributed by atoms with Crippen molar-refractivity contribution in [3.8, 4) is 0 Å². The molecule has 1 aromatic carbocycles. The largest absolute Gasteiger partial charge is 0.480 e. The molecule has 4 N–H and O–H groups in total. The third kappa shape index (κ3) is 12.9. The number of carbonyl (C=O) groups excluding carboxylic acids is 1. The first kappa shape index (κ1) is 28.3. The summed E-state index contributed by atoms with van der Waals surface area (Å²) in [4.78, 5) is 23.9. The zero-order valence-corrected chi connectivity index (χ0v) is 21.0. The summed E-state index contributed by atoms with van der Waals surface area (Å²) < 4.78 is 5.37. The van der Waals surface area contributed by atoms with Crippen molar-refractivity contribution in [2.24, 2.45) is 5.92 Å². The van der Waals surface area contributed by atoms with Gasteiger partial charge in [0.05, 0.1) is 0 Å². The summed E-state index contributed by atoms with van der Waals surface area (Å²) in [6.45, 7) is 10.8. The fraction of sp³-hybridized carbons (Fsp3) is 0.667. The minimum absolute atomic E-state index is 0.0653. The highest BCUT2D eigenvalue weighted by Crippen LogP contribution is 2.09. The predicted octanol–water partition coefficient (Wildman–Crippen LogP) is 3.49. The van der Waals surface area contributed by atoms with Gasteiger partial charge in [-0.05, 0) is 57.3 Å². The van der Waals surface area contributed by atoms with Crippen LogP contribution in [-0.4, -0.2) is 59.7 Å². The second-order valence-corrected chi connectivity index (χ2v) is 10.0. The van der Waals surface area contributed by atoms with Crippen LogP contribution in [0.3, 0.4) is 0 Å². The maximum absolute atomic E-state index is 12.2. The lowest BCUT2D eigenvalue weighted by atomic mass is 10.0. The second kappa shape index (κ2) is 14.4. The van der Waals surface area contributed by atoms with Crippen LogP contribution < -0.4 is 16.0 Å². The average molecular weight is 468 g/mol. The lowest BCUT2D eigenvalue weighted by molar-refractivity contribution is -0.139. The number of nitrogens with one attached hydrogen (secondary N) is 3. The molecule has 3 atom stereocenters. The first-order valence-electron chi connectivity index (χ1n) is 11.3. The molecule has 0 aliphatic carbocycles. The maximum Gasteiger partial charge on any atom is 0.407 e. The van der Waals surface area contributed by atoms with Crippen molar-refractivity contribution in [1.29, 1.82) is 0 Å². The van der Waals surface area contributed by atoms with Crippen LogP contribution in [-0.2, 0) is 16.0 Å². The van der Waals surface area contributed by atoms with Crippen LogP contribution in [0.2, 0.25) is 0 Å². The molecule has 0 aliphatic rings. The molecule has 0 unspecified atom stereocenters. The van der Waals surface area contributed by atoms with Gasteiger partial charge in [-0.15, -0.1) is 0 Å². The van der Waals surface area contributed by atoms with Crippen molar-refractivity contribution in [1.82, 2.24) is 16.0 Å². The molecule has 0 saturated carbocycles. The topological polar surface area (TPSA) is 99.7 Å². The van der Waals surface area contributed by atoms with Gasteiger partial charge in [-0.1, -0.05) is 44.2 Å². The zero-order chi connectivity index (χ0) is 24.1. The van der Waals surface area contributed by atoms with Crippen LogP contribution in [0, 0.1) is 5.92 Å². The van der Waals surface area contributed by atoms with E-state index in [1.807, 2.05) is 51.1 Å². The van der Waals surface area contributed by atoms with Crippen LogP contribution in [0.25, 0.3) is 0 Å². The van der Waals surface area contributed by atoms with E-state index in [1.54, 1.807) is 0 Å². The normalized spacial score (nSPS) is 14.6. The molecular formula is C24H41N3O4S. The molecule has 1 rings (SSSR count). The number of hydrogen-bond acceptors (Lipinski definition) is 6. The van der Waals surface area contributed by atoms with E-state index in [0.717, 1.165) is 12.0 Å². The van der Waals surface area contributed by atoms with Gasteiger partial charge in [0.15, 0.2) is 0 Å². The van der Waals surface area contributed by atoms with Crippen molar-refractivity contribution in [3.05, 3.63) is 35.9 Å². The van der Waals surface area contributed by atoms with Gasteiger partial charge in [0, 0.05) is 25.2 Å². The molecule has 0 aliphatic heterocycles. The van der Waals surface area contributed by atoms with E-state index in [-0.39, 0.29) is 12.1 Å². The predicted molar refractivity (Wildman–Crippen MR) is 132 cm³/mol. The van der Waals surface area contributed by atoms with Crippen molar-refractivity contribution < 1.29 is 19.4 Å². The first-order chi connectivity index (χ1) is 15.0. The first-order valence-corrected chi connectivity index (χ1v) is 12.0. The number of hydrogen-bond donors (Lipinski definition) is 5. The Bertz CT molecular complexity index is 680. The molecule has 0 bridgehead atoms. The Labute approximate surface area is 198 Å². The number of carboxylic acid groups (broad SMARTS) is 1. The Morgan fingerprint density at radius 2 is 1.69 bits per heavy atom. The number of aliphatic carboxylic acids is 1. The fourth-order valence-electron chi connectivity index (χ4n) is 3.35. The third-order valence-corrected chi connectivity index (χ3v) is 5.06. The number of benzene rings is 1. The zero-order valence-electron chi connectivity index (χ0n) is 20.1. The van der Waals surface area contributed by atoms with Gasteiger partial charge in [0.25, 0.3) is 0 Å². The summed E-state index contributed by atoms with van der Waals surface area (Å²) in [6, 6.07) is 8.89. The Hall–Kier alpha value is -1.77. The highest BCUT2D eigenvalue weighted by Gasteiger charge is 2.22. The monoisotopic (exact) mass is 467 g/mol. The standard InChI is InChI=1S/C24H41N3O4S/c1-17(2)13-20(16-26-21(22(28)29)14-18-9-7-6-8-10-18)25-15-19(11-12-32)27-23(30)31-24(3,4)5/h6-10,17,19-21,25-26,32H,11-16H2,1-5H3,(H,27,30)(H,28,29)/t19-,20-,21-/m0/s1. The molecule has 0 radical (unpaired) electrons. The molecule has 8 heteroatoms. The van der Waals surface area contributed by atoms with Crippen LogP contribution in [0.15, 0.2) is 30.3 Å². The highest BCUT2D eigenvalue weighted by atomic mass is 32.1. The number of carbonyl (C=O) groups is 2. The maximum atomic E-state index is 12.2. The van der Waals surface area contributed by atoms with Gasteiger partial charge in [-0.25, -0.2) is 4.79 Å². The van der Waals surface area contributed by atoms with E-state index in [9.17, 15) is 14.7 Å². The highest BCUT2D eigenvalue weighted by molar-refractivity contribution is 7.80. The number of carboxylic acids is 1. The lowest BCUT2D eigenvalue weighted by Crippen LogP contribution is -2.51. The van der Waals surface area contributed by atoms with Gasteiger partial charge >= 0.3 is 12.1 Å². The molecule has 7 nitrogen and oxygen atoms in total. The van der Waals surface area contributed by atoms with E-state index in [0.29, 0.717) is 37.6 Å². The summed E-state index contributed by atoms with van der Waals surface area (Å²) >= 11 is 4.31. The molecule has 32 heavy (non-hydrogen) atoms. The Kier molecular flexibility index (Phi) is 12.7. The van der Waals surface area contributed by atoms with Gasteiger partial charge in [-0.3, -0.25) is 4.79 Å². The Morgan fingerprint density at radius 3 is 2.22 bits per heavy atom. The molecule has 0 fully saturated rings. The number of ether oxygens (including phenoxy) is 1. The summed E-state index contributed by atoms with van der Waals surface area (Å²) in [7, 11) is 0. The molecule has 1 amide bonds. The molecule has 182 valence electrons. The fourth-order valence-corrected chi connectivity index (χ4v) is 3.66. The summed E-state index contributed by atoms with van der Waals surface area (Å²) in [5.74, 6) is 0.207. The van der Waals surface area contributed by atoms with Crippen LogP contribution in [0.5, 0.6) is 0 Å². The van der Waals surface area contributed by atoms with Crippen LogP contribution >= 0.6 is 12.6 Å². The van der Waals surface area contributed by atoms with E-state index in [1.165, 1.54) is 0 Å². The van der Waals surface area contributed by atoms with Crippen molar-refractivity contribution in [3.63, 3.8) is 0 Å². The number of alkyl carbamates (subject to hydrolysis) is 1. The smallest absolute Gasteiger partial charge is 0.407 e. The number of amides is 1. The molecule has 0 aromatic heterocycles. The Morgan fingerprint density at radius 1 is 1.06 bits per heavy atom. The Balaban J connectivity index is 2.68. The SMILES string of the molecule is CC(C)C[C@@H](CN[C@@H](Cc1ccccc1)C(=O)O)NC[C@H](CCS)NC(=O)OC(C)(C)C. The second-order valence-electron chi connectivity index (χ2n) is 9.58. The average Bonchev–Trinajstić information content (AvgIpc) is 2.67. The van der Waals surface area contributed by atoms with Crippen molar-refractivity contribution in [2.45, 2.75) is 77.6 Å². The molecule has 1 aromatic rings. The molecule has 0 saturated heterocycles. The lowest BCUT2D eigenvalue weighted by Gasteiger charge is -2.27. The minimum Gasteiger partial charge on any atom is -0.480 e. The van der Waals surface area contributed by atoms with E-state index in [2.05, 4.69) is 42.4 Å². The molecule has 0 heterocycles. The van der Waals surface area contributed by atoms with Gasteiger partial charge < -0.3 is 25.8 Å². The van der Waals surface area contributed by atoms with Gasteiger partial charge in [0.2, 0.25) is 0 Å². The third-order valence-electron chi connectivity index (χ3n) is 4.80. The van der Waals surface area contributed by atoms with E-state index >= 15 is 0 Å². The van der Waals surface area contributed by atoms with E-state index in [4.69, 9.17) is 4.74 Å². The van der Waals surface area contributed by atoms with Crippen molar-refractivity contribution >= 4 is 24.7 Å². The number of thiol groups is 1. The van der Waals surface area contributed by atoms with Gasteiger partial charge in [-0.2, -0.15) is 12.6 Å². The summed E-state index contributed by atoms with van der Waals surface area (Å²) in [5.41, 5.74) is 0.425. The minimum atomic E-state index is -0.864. The quantitative estimate of drug-likeness (QED) is 0.269. The van der Waals surface area contributed by atoms with Crippen LogP contribution in [0.4, 0.5) is 4.79 Å². The van der Waals surface area contributed by atoms with Crippen LogP contribution in [0.1, 0.15) is 53.0 Å². The van der Waals surface area contributed by atoms with Gasteiger partial charge in [0.1, 0.15) is 11.6 Å².